The average Bonchev–Trinajstić information content (AvgIpc) is 2.27. The molecular weight excluding hydrogens is 238 g/mol. The predicted molar refractivity (Wildman–Crippen MR) is 69.6 cm³/mol. The van der Waals surface area contributed by atoms with E-state index in [0.29, 0.717) is 5.02 Å². The van der Waals surface area contributed by atoms with Gasteiger partial charge < -0.3 is 5.11 Å². The second-order valence-corrected chi connectivity index (χ2v) is 4.83. The van der Waals surface area contributed by atoms with Gasteiger partial charge in [-0.3, -0.25) is 9.69 Å². The van der Waals surface area contributed by atoms with Gasteiger partial charge in [0.25, 0.3) is 0 Å². The van der Waals surface area contributed by atoms with Gasteiger partial charge in [0, 0.05) is 11.1 Å². The van der Waals surface area contributed by atoms with Crippen LogP contribution >= 0.6 is 11.6 Å². The van der Waals surface area contributed by atoms with E-state index in [-0.39, 0.29) is 18.5 Å². The van der Waals surface area contributed by atoms with Crippen molar-refractivity contribution in [3.63, 3.8) is 0 Å². The number of hydrogen-bond acceptors (Lipinski definition) is 2. The van der Waals surface area contributed by atoms with Gasteiger partial charge in [0.15, 0.2) is 0 Å². The molecule has 0 spiro atoms. The van der Waals surface area contributed by atoms with Gasteiger partial charge in [-0.15, -0.1) is 0 Å². The highest BCUT2D eigenvalue weighted by molar-refractivity contribution is 6.30. The lowest BCUT2D eigenvalue weighted by Gasteiger charge is -2.28. The van der Waals surface area contributed by atoms with Crippen molar-refractivity contribution in [3.8, 4) is 0 Å². The predicted octanol–water partition coefficient (Wildman–Crippen LogP) is 2.85. The number of rotatable bonds is 5. The van der Waals surface area contributed by atoms with Gasteiger partial charge >= 0.3 is 5.97 Å². The highest BCUT2D eigenvalue weighted by atomic mass is 35.5. The molecule has 0 heterocycles. The number of benzene rings is 1. The molecule has 0 saturated heterocycles. The maximum atomic E-state index is 10.7. The van der Waals surface area contributed by atoms with Gasteiger partial charge in [0.05, 0.1) is 6.54 Å². The molecule has 94 valence electrons. The standard InChI is InChI=1S/C13H18ClNO2/c1-9(10(2)15(3)8-13(16)17)11-4-6-12(14)7-5-11/h4-7,9-10H,8H2,1-3H3,(H,16,17)/t9-,10+/m0/s1. The molecule has 0 aromatic heterocycles. The van der Waals surface area contributed by atoms with E-state index in [0.717, 1.165) is 0 Å². The van der Waals surface area contributed by atoms with Crippen LogP contribution in [0.1, 0.15) is 25.3 Å². The first-order valence-electron chi connectivity index (χ1n) is 5.59. The molecule has 1 rings (SSSR count). The third-order valence-electron chi connectivity index (χ3n) is 3.20. The van der Waals surface area contributed by atoms with Gasteiger partial charge in [0.2, 0.25) is 0 Å². The van der Waals surface area contributed by atoms with E-state index in [1.54, 1.807) is 0 Å². The van der Waals surface area contributed by atoms with Crippen LogP contribution < -0.4 is 0 Å². The van der Waals surface area contributed by atoms with Crippen LogP contribution in [0.15, 0.2) is 24.3 Å². The molecular formula is C13H18ClNO2. The molecule has 0 aliphatic heterocycles. The molecule has 4 heteroatoms. The van der Waals surface area contributed by atoms with Gasteiger partial charge in [-0.25, -0.2) is 0 Å². The van der Waals surface area contributed by atoms with Crippen LogP contribution in [0, 0.1) is 0 Å². The molecule has 0 aliphatic carbocycles. The zero-order valence-electron chi connectivity index (χ0n) is 10.4. The van der Waals surface area contributed by atoms with Crippen LogP contribution in [-0.2, 0) is 4.79 Å². The number of carboxylic acid groups (broad SMARTS) is 1. The first-order chi connectivity index (χ1) is 7.91. The van der Waals surface area contributed by atoms with Gasteiger partial charge in [-0.05, 0) is 37.6 Å². The normalized spacial score (nSPS) is 14.6. The van der Waals surface area contributed by atoms with E-state index in [1.807, 2.05) is 43.1 Å². The van der Waals surface area contributed by atoms with Crippen molar-refractivity contribution in [2.24, 2.45) is 0 Å². The Morgan fingerprint density at radius 3 is 2.35 bits per heavy atom. The minimum Gasteiger partial charge on any atom is -0.480 e. The summed E-state index contributed by atoms with van der Waals surface area (Å²) in [7, 11) is 1.82. The molecule has 17 heavy (non-hydrogen) atoms. The molecule has 0 aliphatic rings. The first-order valence-corrected chi connectivity index (χ1v) is 5.97. The Balaban J connectivity index is 2.71. The summed E-state index contributed by atoms with van der Waals surface area (Å²) in [6.45, 7) is 4.17. The molecule has 1 aromatic carbocycles. The highest BCUT2D eigenvalue weighted by Gasteiger charge is 2.20. The van der Waals surface area contributed by atoms with E-state index in [1.165, 1.54) is 5.56 Å². The Kier molecular flexibility index (Phi) is 4.97. The van der Waals surface area contributed by atoms with Crippen LogP contribution in [0.25, 0.3) is 0 Å². The summed E-state index contributed by atoms with van der Waals surface area (Å²) < 4.78 is 0. The number of carboxylic acids is 1. The average molecular weight is 256 g/mol. The molecule has 2 atom stereocenters. The van der Waals surface area contributed by atoms with Crippen LogP contribution in [0.4, 0.5) is 0 Å². The topological polar surface area (TPSA) is 40.5 Å². The maximum Gasteiger partial charge on any atom is 0.317 e. The summed E-state index contributed by atoms with van der Waals surface area (Å²) in [5, 5.41) is 9.48. The van der Waals surface area contributed by atoms with E-state index >= 15 is 0 Å². The molecule has 1 aromatic rings. The minimum absolute atomic E-state index is 0.0547. The van der Waals surface area contributed by atoms with E-state index < -0.39 is 5.97 Å². The Hall–Kier alpha value is -1.06. The third kappa shape index (κ3) is 4.02. The molecule has 0 radical (unpaired) electrons. The molecule has 0 bridgehead atoms. The number of carbonyl (C=O) groups is 1. The molecule has 0 amide bonds. The zero-order chi connectivity index (χ0) is 13.0. The highest BCUT2D eigenvalue weighted by Crippen LogP contribution is 2.23. The van der Waals surface area contributed by atoms with Crippen LogP contribution in [0.2, 0.25) is 5.02 Å². The Bertz CT molecular complexity index is 378. The van der Waals surface area contributed by atoms with Crippen molar-refractivity contribution < 1.29 is 9.90 Å². The molecule has 3 nitrogen and oxygen atoms in total. The largest absolute Gasteiger partial charge is 0.480 e. The molecule has 0 saturated carbocycles. The quantitative estimate of drug-likeness (QED) is 0.880. The summed E-state index contributed by atoms with van der Waals surface area (Å²) in [6, 6.07) is 7.84. The summed E-state index contributed by atoms with van der Waals surface area (Å²) in [4.78, 5) is 12.5. The second kappa shape index (κ2) is 6.03. The Morgan fingerprint density at radius 1 is 1.35 bits per heavy atom. The van der Waals surface area contributed by atoms with Crippen molar-refractivity contribution in [2.75, 3.05) is 13.6 Å². The fraction of sp³-hybridized carbons (Fsp3) is 0.462. The van der Waals surface area contributed by atoms with Crippen LogP contribution in [0.3, 0.4) is 0 Å². The van der Waals surface area contributed by atoms with Crippen molar-refractivity contribution >= 4 is 17.6 Å². The van der Waals surface area contributed by atoms with Crippen molar-refractivity contribution in [1.82, 2.24) is 4.90 Å². The Labute approximate surface area is 107 Å². The Morgan fingerprint density at radius 2 is 1.88 bits per heavy atom. The smallest absolute Gasteiger partial charge is 0.317 e. The first kappa shape index (κ1) is 14.0. The van der Waals surface area contributed by atoms with Crippen molar-refractivity contribution in [2.45, 2.75) is 25.8 Å². The number of aliphatic carboxylic acids is 1. The molecule has 0 fully saturated rings. The minimum atomic E-state index is -0.803. The lowest BCUT2D eigenvalue weighted by molar-refractivity contribution is -0.138. The molecule has 1 N–H and O–H groups in total. The SMILES string of the molecule is C[C@H](c1ccc(Cl)cc1)[C@@H](C)N(C)CC(=O)O. The number of likely N-dealkylation sites (N-methyl/N-ethyl adjacent to an activating group) is 1. The monoisotopic (exact) mass is 255 g/mol. The second-order valence-electron chi connectivity index (χ2n) is 4.39. The number of hydrogen-bond donors (Lipinski definition) is 1. The van der Waals surface area contributed by atoms with E-state index in [4.69, 9.17) is 16.7 Å². The zero-order valence-corrected chi connectivity index (χ0v) is 11.1. The summed E-state index contributed by atoms with van der Waals surface area (Å²) in [6.07, 6.45) is 0. The fourth-order valence-corrected chi connectivity index (χ4v) is 1.91. The summed E-state index contributed by atoms with van der Waals surface area (Å²) in [5.74, 6) is -0.542. The number of halogens is 1. The van der Waals surface area contributed by atoms with Crippen molar-refractivity contribution in [1.29, 1.82) is 0 Å². The molecule has 0 unspecified atom stereocenters. The van der Waals surface area contributed by atoms with Crippen molar-refractivity contribution in [3.05, 3.63) is 34.9 Å². The maximum absolute atomic E-state index is 10.7. The summed E-state index contributed by atoms with van der Waals surface area (Å²) in [5.41, 5.74) is 1.17. The third-order valence-corrected chi connectivity index (χ3v) is 3.45. The van der Waals surface area contributed by atoms with Gasteiger partial charge in [-0.1, -0.05) is 30.7 Å². The van der Waals surface area contributed by atoms with E-state index in [2.05, 4.69) is 6.92 Å². The fourth-order valence-electron chi connectivity index (χ4n) is 1.78. The number of nitrogens with zero attached hydrogens (tertiary/aromatic N) is 1. The lowest BCUT2D eigenvalue weighted by Crippen LogP contribution is -2.37. The van der Waals surface area contributed by atoms with Crippen LogP contribution in [0.5, 0.6) is 0 Å². The van der Waals surface area contributed by atoms with Gasteiger partial charge in [-0.2, -0.15) is 0 Å². The lowest BCUT2D eigenvalue weighted by atomic mass is 9.93. The summed E-state index contributed by atoms with van der Waals surface area (Å²) >= 11 is 5.84. The van der Waals surface area contributed by atoms with Gasteiger partial charge in [0.1, 0.15) is 0 Å². The van der Waals surface area contributed by atoms with E-state index in [9.17, 15) is 4.79 Å². The van der Waals surface area contributed by atoms with Crippen LogP contribution in [-0.4, -0.2) is 35.6 Å².